The summed E-state index contributed by atoms with van der Waals surface area (Å²) < 4.78 is 38.6. The molecule has 0 bridgehead atoms. The fourth-order valence-corrected chi connectivity index (χ4v) is 1.46. The predicted molar refractivity (Wildman–Crippen MR) is 53.4 cm³/mol. The summed E-state index contributed by atoms with van der Waals surface area (Å²) in [5.74, 6) is -2.47. The number of phenols is 1. The molecule has 0 saturated carbocycles. The van der Waals surface area contributed by atoms with Crippen molar-refractivity contribution < 1.29 is 18.3 Å². The Kier molecular flexibility index (Phi) is 2.56. The van der Waals surface area contributed by atoms with Gasteiger partial charge >= 0.3 is 0 Å². The third kappa shape index (κ3) is 2.00. The Morgan fingerprint density at radius 2 is 1.38 bits per heavy atom. The van der Waals surface area contributed by atoms with Gasteiger partial charge in [-0.25, -0.2) is 13.2 Å². The van der Waals surface area contributed by atoms with Gasteiger partial charge in [0.05, 0.1) is 0 Å². The minimum atomic E-state index is -0.751. The number of aromatic hydroxyl groups is 1. The maximum atomic E-state index is 12.9. The van der Waals surface area contributed by atoms with Gasteiger partial charge in [-0.3, -0.25) is 0 Å². The van der Waals surface area contributed by atoms with E-state index < -0.39 is 17.5 Å². The van der Waals surface area contributed by atoms with Crippen LogP contribution in [0.1, 0.15) is 0 Å². The molecule has 0 aliphatic carbocycles. The number of halogens is 3. The highest BCUT2D eigenvalue weighted by Gasteiger charge is 2.08. The molecule has 0 radical (unpaired) electrons. The maximum Gasteiger partial charge on any atom is 0.126 e. The SMILES string of the molecule is Oc1cc(F)ccc1-c1cc(F)cc(F)c1. The second kappa shape index (κ2) is 3.89. The third-order valence-electron chi connectivity index (χ3n) is 2.13. The standard InChI is InChI=1S/C12H7F3O/c13-8-1-2-11(12(16)6-8)7-3-9(14)5-10(15)4-7/h1-6,16H. The van der Waals surface area contributed by atoms with Gasteiger partial charge < -0.3 is 5.11 Å². The van der Waals surface area contributed by atoms with Crippen LogP contribution < -0.4 is 0 Å². The van der Waals surface area contributed by atoms with Crippen molar-refractivity contribution in [3.8, 4) is 16.9 Å². The van der Waals surface area contributed by atoms with Gasteiger partial charge in [-0.1, -0.05) is 0 Å². The van der Waals surface area contributed by atoms with Gasteiger partial charge in [-0.15, -0.1) is 0 Å². The molecule has 0 spiro atoms. The fourth-order valence-electron chi connectivity index (χ4n) is 1.46. The summed E-state index contributed by atoms with van der Waals surface area (Å²) in [5, 5.41) is 9.44. The molecular weight excluding hydrogens is 217 g/mol. The number of hydrogen-bond acceptors (Lipinski definition) is 1. The summed E-state index contributed by atoms with van der Waals surface area (Å²) in [5.41, 5.74) is 0.342. The highest BCUT2D eigenvalue weighted by Crippen LogP contribution is 2.30. The topological polar surface area (TPSA) is 20.2 Å². The molecule has 0 saturated heterocycles. The summed E-state index contributed by atoms with van der Waals surface area (Å²) in [6, 6.07) is 6.12. The average Bonchev–Trinajstić information content (AvgIpc) is 2.15. The van der Waals surface area contributed by atoms with E-state index in [1.54, 1.807) is 0 Å². The van der Waals surface area contributed by atoms with Crippen molar-refractivity contribution >= 4 is 0 Å². The van der Waals surface area contributed by atoms with Gasteiger partial charge in [0, 0.05) is 17.7 Å². The van der Waals surface area contributed by atoms with Crippen LogP contribution in [0.15, 0.2) is 36.4 Å². The van der Waals surface area contributed by atoms with Crippen LogP contribution in [-0.4, -0.2) is 5.11 Å². The first-order chi connectivity index (χ1) is 7.56. The lowest BCUT2D eigenvalue weighted by atomic mass is 10.0. The highest BCUT2D eigenvalue weighted by molar-refractivity contribution is 5.70. The lowest BCUT2D eigenvalue weighted by Gasteiger charge is -2.05. The zero-order valence-corrected chi connectivity index (χ0v) is 8.05. The molecule has 0 aromatic heterocycles. The van der Waals surface area contributed by atoms with Crippen molar-refractivity contribution in [2.24, 2.45) is 0 Å². The molecule has 4 heteroatoms. The lowest BCUT2D eigenvalue weighted by molar-refractivity contribution is 0.471. The number of phenolic OH excluding ortho intramolecular Hbond substituents is 1. The molecule has 2 aromatic rings. The van der Waals surface area contributed by atoms with Crippen LogP contribution in [-0.2, 0) is 0 Å². The Hall–Kier alpha value is -1.97. The fraction of sp³-hybridized carbons (Fsp3) is 0. The van der Waals surface area contributed by atoms with Crippen LogP contribution in [0.2, 0.25) is 0 Å². The average molecular weight is 224 g/mol. The molecule has 0 amide bonds. The number of rotatable bonds is 1. The predicted octanol–water partition coefficient (Wildman–Crippen LogP) is 3.48. The molecular formula is C12H7F3O. The van der Waals surface area contributed by atoms with E-state index in [0.717, 1.165) is 30.3 Å². The van der Waals surface area contributed by atoms with E-state index in [-0.39, 0.29) is 16.9 Å². The van der Waals surface area contributed by atoms with E-state index in [0.29, 0.717) is 0 Å². The molecule has 16 heavy (non-hydrogen) atoms. The Labute approximate surface area is 89.8 Å². The molecule has 1 nitrogen and oxygen atoms in total. The van der Waals surface area contributed by atoms with E-state index >= 15 is 0 Å². The summed E-state index contributed by atoms with van der Waals surface area (Å²) in [7, 11) is 0. The molecule has 2 aromatic carbocycles. The zero-order valence-electron chi connectivity index (χ0n) is 8.05. The molecule has 1 N–H and O–H groups in total. The Morgan fingerprint density at radius 3 is 1.94 bits per heavy atom. The second-order valence-electron chi connectivity index (χ2n) is 3.32. The Morgan fingerprint density at radius 1 is 0.750 bits per heavy atom. The summed E-state index contributed by atoms with van der Waals surface area (Å²) in [4.78, 5) is 0. The minimum absolute atomic E-state index is 0.162. The smallest absolute Gasteiger partial charge is 0.126 e. The molecule has 0 aliphatic rings. The van der Waals surface area contributed by atoms with Gasteiger partial charge in [0.1, 0.15) is 23.2 Å². The molecule has 0 aliphatic heterocycles. The first kappa shape index (κ1) is 10.5. The Balaban J connectivity index is 2.58. The molecule has 0 heterocycles. The minimum Gasteiger partial charge on any atom is -0.507 e. The van der Waals surface area contributed by atoms with Gasteiger partial charge in [0.15, 0.2) is 0 Å². The van der Waals surface area contributed by atoms with Crippen molar-refractivity contribution in [1.82, 2.24) is 0 Å². The number of hydrogen-bond donors (Lipinski definition) is 1. The first-order valence-electron chi connectivity index (χ1n) is 4.51. The largest absolute Gasteiger partial charge is 0.507 e. The van der Waals surface area contributed by atoms with Crippen LogP contribution in [0.5, 0.6) is 5.75 Å². The monoisotopic (exact) mass is 224 g/mol. The van der Waals surface area contributed by atoms with E-state index in [9.17, 15) is 18.3 Å². The molecule has 0 unspecified atom stereocenters. The summed E-state index contributed by atoms with van der Waals surface area (Å²) in [6.07, 6.45) is 0. The van der Waals surface area contributed by atoms with Crippen molar-refractivity contribution in [2.75, 3.05) is 0 Å². The quantitative estimate of drug-likeness (QED) is 0.786. The normalized spacial score (nSPS) is 10.4. The van der Waals surface area contributed by atoms with Crippen LogP contribution in [0, 0.1) is 17.5 Å². The van der Waals surface area contributed by atoms with Gasteiger partial charge in [0.25, 0.3) is 0 Å². The highest BCUT2D eigenvalue weighted by atomic mass is 19.1. The van der Waals surface area contributed by atoms with Crippen LogP contribution >= 0.6 is 0 Å². The zero-order chi connectivity index (χ0) is 11.7. The maximum absolute atomic E-state index is 12.9. The van der Waals surface area contributed by atoms with Crippen LogP contribution in [0.4, 0.5) is 13.2 Å². The van der Waals surface area contributed by atoms with Gasteiger partial charge in [-0.2, -0.15) is 0 Å². The number of benzene rings is 2. The van der Waals surface area contributed by atoms with E-state index in [1.165, 1.54) is 6.07 Å². The molecule has 82 valence electrons. The van der Waals surface area contributed by atoms with Gasteiger partial charge in [-0.05, 0) is 29.8 Å². The molecule has 0 fully saturated rings. The van der Waals surface area contributed by atoms with Crippen molar-refractivity contribution in [2.45, 2.75) is 0 Å². The van der Waals surface area contributed by atoms with Crippen molar-refractivity contribution in [3.63, 3.8) is 0 Å². The van der Waals surface area contributed by atoms with Crippen LogP contribution in [0.25, 0.3) is 11.1 Å². The molecule has 0 atom stereocenters. The van der Waals surface area contributed by atoms with Crippen molar-refractivity contribution in [3.05, 3.63) is 53.8 Å². The van der Waals surface area contributed by atoms with E-state index in [2.05, 4.69) is 0 Å². The van der Waals surface area contributed by atoms with E-state index in [1.807, 2.05) is 0 Å². The second-order valence-corrected chi connectivity index (χ2v) is 3.32. The van der Waals surface area contributed by atoms with Crippen LogP contribution in [0.3, 0.4) is 0 Å². The Bertz CT molecular complexity index is 518. The van der Waals surface area contributed by atoms with Crippen molar-refractivity contribution in [1.29, 1.82) is 0 Å². The van der Waals surface area contributed by atoms with Gasteiger partial charge in [0.2, 0.25) is 0 Å². The summed E-state index contributed by atoms with van der Waals surface area (Å²) >= 11 is 0. The lowest BCUT2D eigenvalue weighted by Crippen LogP contribution is -1.85. The summed E-state index contributed by atoms with van der Waals surface area (Å²) in [6.45, 7) is 0. The van der Waals surface area contributed by atoms with E-state index in [4.69, 9.17) is 0 Å². The molecule has 2 rings (SSSR count). The third-order valence-corrected chi connectivity index (χ3v) is 2.13. The first-order valence-corrected chi connectivity index (χ1v) is 4.51.